The second-order valence-corrected chi connectivity index (χ2v) is 6.59. The zero-order chi connectivity index (χ0) is 14.8. The monoisotopic (exact) mass is 332 g/mol. The molecule has 2 aromatic carbocycles. The molecule has 0 saturated carbocycles. The van der Waals surface area contributed by atoms with E-state index in [1.165, 1.54) is 5.56 Å². The first-order chi connectivity index (χ1) is 9.36. The Morgan fingerprint density at radius 3 is 2.00 bits per heavy atom. The molecule has 0 atom stereocenters. The predicted molar refractivity (Wildman–Crippen MR) is 84.2 cm³/mol. The van der Waals surface area contributed by atoms with Gasteiger partial charge in [0.25, 0.3) is 0 Å². The van der Waals surface area contributed by atoms with Gasteiger partial charge in [-0.25, -0.2) is 4.79 Å². The molecule has 2 nitrogen and oxygen atoms in total. The van der Waals surface area contributed by atoms with Crippen molar-refractivity contribution in [3.63, 3.8) is 0 Å². The fourth-order valence-corrected chi connectivity index (χ4v) is 2.04. The summed E-state index contributed by atoms with van der Waals surface area (Å²) in [5.41, 5.74) is 1.84. The lowest BCUT2D eigenvalue weighted by molar-refractivity contribution is 0.0734. The molecule has 0 aromatic heterocycles. The summed E-state index contributed by atoms with van der Waals surface area (Å²) in [4.78, 5) is 12.0. The second-order valence-electron chi connectivity index (χ2n) is 5.67. The Kier molecular flexibility index (Phi) is 4.29. The molecule has 0 radical (unpaired) electrons. The SMILES string of the molecule is CC(C)(C)c1ccc(OC(=O)c2ccc(Br)cc2)cc1. The van der Waals surface area contributed by atoms with Crippen molar-refractivity contribution in [1.29, 1.82) is 0 Å². The van der Waals surface area contributed by atoms with Gasteiger partial charge in [0.05, 0.1) is 5.56 Å². The van der Waals surface area contributed by atoms with Crippen molar-refractivity contribution in [3.05, 3.63) is 64.1 Å². The van der Waals surface area contributed by atoms with Gasteiger partial charge in [-0.1, -0.05) is 48.8 Å². The zero-order valence-corrected chi connectivity index (χ0v) is 13.4. The minimum Gasteiger partial charge on any atom is -0.423 e. The van der Waals surface area contributed by atoms with E-state index in [1.54, 1.807) is 12.1 Å². The highest BCUT2D eigenvalue weighted by Gasteiger charge is 2.14. The minimum absolute atomic E-state index is 0.0915. The third-order valence-electron chi connectivity index (χ3n) is 3.01. The van der Waals surface area contributed by atoms with Crippen LogP contribution in [0.3, 0.4) is 0 Å². The number of benzene rings is 2. The maximum Gasteiger partial charge on any atom is 0.343 e. The largest absolute Gasteiger partial charge is 0.423 e. The number of carbonyl (C=O) groups excluding carboxylic acids is 1. The van der Waals surface area contributed by atoms with Gasteiger partial charge in [-0.05, 0) is 47.4 Å². The molecule has 0 bridgehead atoms. The van der Waals surface area contributed by atoms with Crippen molar-refractivity contribution in [1.82, 2.24) is 0 Å². The fraction of sp³-hybridized carbons (Fsp3) is 0.235. The van der Waals surface area contributed by atoms with Gasteiger partial charge in [0.1, 0.15) is 5.75 Å². The van der Waals surface area contributed by atoms with Crippen LogP contribution in [0.2, 0.25) is 0 Å². The highest BCUT2D eigenvalue weighted by Crippen LogP contribution is 2.24. The molecule has 20 heavy (non-hydrogen) atoms. The second kappa shape index (κ2) is 5.80. The summed E-state index contributed by atoms with van der Waals surface area (Å²) in [7, 11) is 0. The van der Waals surface area contributed by atoms with E-state index < -0.39 is 0 Å². The van der Waals surface area contributed by atoms with Crippen molar-refractivity contribution in [2.24, 2.45) is 0 Å². The molecule has 0 heterocycles. The Hall–Kier alpha value is -1.61. The van der Waals surface area contributed by atoms with Crippen LogP contribution in [0.15, 0.2) is 53.0 Å². The van der Waals surface area contributed by atoms with Crippen LogP contribution in [0.5, 0.6) is 5.75 Å². The fourth-order valence-electron chi connectivity index (χ4n) is 1.77. The zero-order valence-electron chi connectivity index (χ0n) is 11.8. The van der Waals surface area contributed by atoms with Gasteiger partial charge >= 0.3 is 5.97 Å². The number of esters is 1. The molecule has 0 aliphatic rings. The van der Waals surface area contributed by atoms with E-state index in [1.807, 2.05) is 36.4 Å². The van der Waals surface area contributed by atoms with Crippen LogP contribution in [0, 0.1) is 0 Å². The lowest BCUT2D eigenvalue weighted by Crippen LogP contribution is -2.11. The van der Waals surface area contributed by atoms with Crippen molar-refractivity contribution < 1.29 is 9.53 Å². The third-order valence-corrected chi connectivity index (χ3v) is 3.54. The van der Waals surface area contributed by atoms with Crippen molar-refractivity contribution in [2.45, 2.75) is 26.2 Å². The smallest absolute Gasteiger partial charge is 0.343 e. The first-order valence-corrected chi connectivity index (χ1v) is 7.24. The van der Waals surface area contributed by atoms with Gasteiger partial charge in [-0.2, -0.15) is 0 Å². The van der Waals surface area contributed by atoms with E-state index in [9.17, 15) is 4.79 Å². The van der Waals surface area contributed by atoms with E-state index in [2.05, 4.69) is 36.7 Å². The first-order valence-electron chi connectivity index (χ1n) is 6.44. The molecule has 0 N–H and O–H groups in total. The molecule has 0 amide bonds. The third kappa shape index (κ3) is 3.70. The molecular weight excluding hydrogens is 316 g/mol. The molecule has 0 fully saturated rings. The maximum atomic E-state index is 12.0. The molecule has 0 unspecified atom stereocenters. The van der Waals surface area contributed by atoms with Crippen LogP contribution in [-0.2, 0) is 5.41 Å². The quantitative estimate of drug-likeness (QED) is 0.573. The Morgan fingerprint density at radius 2 is 1.50 bits per heavy atom. The maximum absolute atomic E-state index is 12.0. The van der Waals surface area contributed by atoms with Crippen molar-refractivity contribution >= 4 is 21.9 Å². The van der Waals surface area contributed by atoms with Crippen LogP contribution < -0.4 is 4.74 Å². The summed E-state index contributed by atoms with van der Waals surface area (Å²) in [5.74, 6) is 0.215. The number of hydrogen-bond donors (Lipinski definition) is 0. The first kappa shape index (κ1) is 14.8. The van der Waals surface area contributed by atoms with Crippen LogP contribution in [0.1, 0.15) is 36.7 Å². The number of hydrogen-bond acceptors (Lipinski definition) is 2. The average molecular weight is 333 g/mol. The topological polar surface area (TPSA) is 26.3 Å². The molecule has 2 aromatic rings. The molecular formula is C17H17BrO2. The van der Waals surface area contributed by atoms with Crippen LogP contribution >= 0.6 is 15.9 Å². The molecule has 3 heteroatoms. The summed E-state index contributed by atoms with van der Waals surface area (Å²) in [6, 6.07) is 14.7. The van der Waals surface area contributed by atoms with E-state index >= 15 is 0 Å². The Morgan fingerprint density at radius 1 is 0.950 bits per heavy atom. The number of carbonyl (C=O) groups is 1. The van der Waals surface area contributed by atoms with Gasteiger partial charge in [0.15, 0.2) is 0 Å². The number of ether oxygens (including phenoxy) is 1. The van der Waals surface area contributed by atoms with E-state index in [0.717, 1.165) is 4.47 Å². The summed E-state index contributed by atoms with van der Waals surface area (Å²) in [6.07, 6.45) is 0. The predicted octanol–water partition coefficient (Wildman–Crippen LogP) is 4.97. The van der Waals surface area contributed by atoms with E-state index in [4.69, 9.17) is 4.74 Å². The van der Waals surface area contributed by atoms with Crippen molar-refractivity contribution in [2.75, 3.05) is 0 Å². The number of rotatable bonds is 2. The summed E-state index contributed by atoms with van der Waals surface area (Å²) in [6.45, 7) is 6.45. The van der Waals surface area contributed by atoms with Gasteiger partial charge < -0.3 is 4.74 Å². The molecule has 0 spiro atoms. The van der Waals surface area contributed by atoms with Crippen LogP contribution in [-0.4, -0.2) is 5.97 Å². The Bertz CT molecular complexity index is 592. The summed E-state index contributed by atoms with van der Waals surface area (Å²) >= 11 is 3.34. The molecule has 104 valence electrons. The normalized spacial score (nSPS) is 11.2. The van der Waals surface area contributed by atoms with E-state index in [-0.39, 0.29) is 11.4 Å². The minimum atomic E-state index is -0.346. The molecule has 0 saturated heterocycles. The Labute approximate surface area is 127 Å². The Balaban J connectivity index is 2.10. The number of halogens is 1. The van der Waals surface area contributed by atoms with E-state index in [0.29, 0.717) is 11.3 Å². The average Bonchev–Trinajstić information content (AvgIpc) is 2.39. The van der Waals surface area contributed by atoms with Crippen LogP contribution in [0.4, 0.5) is 0 Å². The van der Waals surface area contributed by atoms with Crippen LogP contribution in [0.25, 0.3) is 0 Å². The van der Waals surface area contributed by atoms with Crippen molar-refractivity contribution in [3.8, 4) is 5.75 Å². The molecule has 0 aliphatic heterocycles. The lowest BCUT2D eigenvalue weighted by atomic mass is 9.87. The molecule has 0 aliphatic carbocycles. The molecule has 2 rings (SSSR count). The lowest BCUT2D eigenvalue weighted by Gasteiger charge is -2.18. The van der Waals surface area contributed by atoms with Gasteiger partial charge in [0.2, 0.25) is 0 Å². The highest BCUT2D eigenvalue weighted by atomic mass is 79.9. The highest BCUT2D eigenvalue weighted by molar-refractivity contribution is 9.10. The summed E-state index contributed by atoms with van der Waals surface area (Å²) in [5, 5.41) is 0. The summed E-state index contributed by atoms with van der Waals surface area (Å²) < 4.78 is 6.29. The van der Waals surface area contributed by atoms with Gasteiger partial charge in [-0.15, -0.1) is 0 Å². The van der Waals surface area contributed by atoms with Gasteiger partial charge in [0, 0.05) is 4.47 Å². The standard InChI is InChI=1S/C17H17BrO2/c1-17(2,3)13-6-10-15(11-7-13)20-16(19)12-4-8-14(18)9-5-12/h4-11H,1-3H3. The van der Waals surface area contributed by atoms with Gasteiger partial charge in [-0.3, -0.25) is 0 Å².